The highest BCUT2D eigenvalue weighted by Crippen LogP contribution is 2.26. The molecule has 0 bridgehead atoms. The van der Waals surface area contributed by atoms with Crippen molar-refractivity contribution in [1.29, 1.82) is 0 Å². The van der Waals surface area contributed by atoms with E-state index in [1.54, 1.807) is 0 Å². The van der Waals surface area contributed by atoms with Crippen molar-refractivity contribution in [2.45, 2.75) is 64.5 Å². The highest BCUT2D eigenvalue weighted by atomic mass is 16.3. The van der Waals surface area contributed by atoms with Crippen LogP contribution < -0.4 is 5.32 Å². The first-order valence-corrected chi connectivity index (χ1v) is 6.15. The zero-order chi connectivity index (χ0) is 10.4. The Balaban J connectivity index is 2.19. The molecule has 0 aromatic carbocycles. The molecule has 0 unspecified atom stereocenters. The number of aliphatic hydroxyl groups excluding tert-OH is 1. The van der Waals surface area contributed by atoms with Gasteiger partial charge in [-0.25, -0.2) is 0 Å². The summed E-state index contributed by atoms with van der Waals surface area (Å²) >= 11 is 0. The second kappa shape index (κ2) is 6.41. The normalized spacial score (nSPS) is 30.2. The maximum atomic E-state index is 9.16. The average molecular weight is 199 g/mol. The Morgan fingerprint density at radius 1 is 1.36 bits per heavy atom. The largest absolute Gasteiger partial charge is 0.393 e. The molecule has 0 heterocycles. The highest BCUT2D eigenvalue weighted by molar-refractivity contribution is 4.80. The Morgan fingerprint density at radius 3 is 2.71 bits per heavy atom. The summed E-state index contributed by atoms with van der Waals surface area (Å²) in [5, 5.41) is 12.8. The fraction of sp³-hybridized carbons (Fsp3) is 1.00. The molecule has 0 spiro atoms. The molecule has 2 N–H and O–H groups in total. The van der Waals surface area contributed by atoms with Crippen LogP contribution in [-0.4, -0.2) is 23.8 Å². The summed E-state index contributed by atoms with van der Waals surface area (Å²) in [6.45, 7) is 5.12. The summed E-state index contributed by atoms with van der Waals surface area (Å²) < 4.78 is 0. The van der Waals surface area contributed by atoms with E-state index >= 15 is 0 Å². The van der Waals surface area contributed by atoms with Crippen molar-refractivity contribution in [1.82, 2.24) is 5.32 Å². The van der Waals surface area contributed by atoms with Crippen LogP contribution in [0.15, 0.2) is 0 Å². The third kappa shape index (κ3) is 3.97. The molecule has 84 valence electrons. The lowest BCUT2D eigenvalue weighted by atomic mass is 9.83. The molecule has 2 heteroatoms. The number of rotatable bonds is 5. The van der Waals surface area contributed by atoms with Crippen LogP contribution in [0.25, 0.3) is 0 Å². The topological polar surface area (TPSA) is 32.3 Å². The van der Waals surface area contributed by atoms with E-state index in [9.17, 15) is 0 Å². The minimum absolute atomic E-state index is 0.161. The zero-order valence-corrected chi connectivity index (χ0v) is 9.63. The van der Waals surface area contributed by atoms with Crippen LogP contribution in [-0.2, 0) is 0 Å². The summed E-state index contributed by atoms with van der Waals surface area (Å²) in [6, 6.07) is 0.715. The van der Waals surface area contributed by atoms with Gasteiger partial charge in [-0.1, -0.05) is 26.2 Å². The van der Waals surface area contributed by atoms with Gasteiger partial charge in [0.15, 0.2) is 0 Å². The van der Waals surface area contributed by atoms with Gasteiger partial charge in [-0.05, 0) is 38.6 Å². The standard InChI is InChI=1S/C12H25NO/c1-3-11-6-4-5-7-12(11)13-9-8-10(2)14/h10-14H,3-9H2,1-2H3/t10-,11-,12+/m1/s1. The van der Waals surface area contributed by atoms with Crippen molar-refractivity contribution in [2.24, 2.45) is 5.92 Å². The van der Waals surface area contributed by atoms with E-state index in [1.807, 2.05) is 6.92 Å². The van der Waals surface area contributed by atoms with Gasteiger partial charge in [0, 0.05) is 6.04 Å². The molecule has 1 fully saturated rings. The third-order valence-electron chi connectivity index (χ3n) is 3.40. The molecule has 3 atom stereocenters. The lowest BCUT2D eigenvalue weighted by molar-refractivity contribution is 0.175. The minimum Gasteiger partial charge on any atom is -0.393 e. The first-order chi connectivity index (χ1) is 6.74. The van der Waals surface area contributed by atoms with E-state index in [0.29, 0.717) is 6.04 Å². The first kappa shape index (κ1) is 12.0. The van der Waals surface area contributed by atoms with Crippen LogP contribution in [0.2, 0.25) is 0 Å². The molecule has 0 radical (unpaired) electrons. The van der Waals surface area contributed by atoms with Crippen molar-refractivity contribution >= 4 is 0 Å². The van der Waals surface area contributed by atoms with Crippen LogP contribution in [0.3, 0.4) is 0 Å². The van der Waals surface area contributed by atoms with Crippen LogP contribution in [0, 0.1) is 5.92 Å². The van der Waals surface area contributed by atoms with Crippen molar-refractivity contribution in [3.63, 3.8) is 0 Å². The maximum Gasteiger partial charge on any atom is 0.0524 e. The van der Waals surface area contributed by atoms with Gasteiger partial charge < -0.3 is 10.4 Å². The first-order valence-electron chi connectivity index (χ1n) is 6.15. The van der Waals surface area contributed by atoms with Gasteiger partial charge >= 0.3 is 0 Å². The summed E-state index contributed by atoms with van der Waals surface area (Å²) in [5.74, 6) is 0.873. The van der Waals surface area contributed by atoms with E-state index in [-0.39, 0.29) is 6.10 Å². The zero-order valence-electron chi connectivity index (χ0n) is 9.63. The second-order valence-electron chi connectivity index (χ2n) is 4.65. The van der Waals surface area contributed by atoms with Crippen molar-refractivity contribution < 1.29 is 5.11 Å². The molecular formula is C12H25NO. The van der Waals surface area contributed by atoms with Crippen LogP contribution in [0.5, 0.6) is 0 Å². The minimum atomic E-state index is -0.161. The van der Waals surface area contributed by atoms with Gasteiger partial charge in [-0.3, -0.25) is 0 Å². The fourth-order valence-electron chi connectivity index (χ4n) is 2.44. The Kier molecular flexibility index (Phi) is 5.49. The molecule has 1 rings (SSSR count). The van der Waals surface area contributed by atoms with Gasteiger partial charge in [0.05, 0.1) is 6.10 Å². The molecule has 1 aliphatic rings. The monoisotopic (exact) mass is 199 g/mol. The second-order valence-corrected chi connectivity index (χ2v) is 4.65. The van der Waals surface area contributed by atoms with Gasteiger partial charge in [-0.15, -0.1) is 0 Å². The summed E-state index contributed by atoms with van der Waals surface area (Å²) in [7, 11) is 0. The molecule has 0 aliphatic heterocycles. The van der Waals surface area contributed by atoms with Gasteiger partial charge in [0.25, 0.3) is 0 Å². The lowest BCUT2D eigenvalue weighted by Crippen LogP contribution is -2.39. The van der Waals surface area contributed by atoms with Crippen LogP contribution in [0.4, 0.5) is 0 Å². The number of aliphatic hydroxyl groups is 1. The molecule has 0 saturated heterocycles. The Hall–Kier alpha value is -0.0800. The van der Waals surface area contributed by atoms with Gasteiger partial charge in [-0.2, -0.15) is 0 Å². The smallest absolute Gasteiger partial charge is 0.0524 e. The van der Waals surface area contributed by atoms with Crippen molar-refractivity contribution in [3.8, 4) is 0 Å². The molecule has 1 aliphatic carbocycles. The van der Waals surface area contributed by atoms with Crippen molar-refractivity contribution in [2.75, 3.05) is 6.54 Å². The Labute approximate surface area is 88.1 Å². The summed E-state index contributed by atoms with van der Waals surface area (Å²) in [4.78, 5) is 0. The van der Waals surface area contributed by atoms with E-state index in [2.05, 4.69) is 12.2 Å². The molecule has 0 aromatic heterocycles. The van der Waals surface area contributed by atoms with E-state index in [4.69, 9.17) is 5.11 Å². The van der Waals surface area contributed by atoms with Crippen molar-refractivity contribution in [3.05, 3.63) is 0 Å². The number of hydrogen-bond donors (Lipinski definition) is 2. The predicted molar refractivity (Wildman–Crippen MR) is 60.3 cm³/mol. The summed E-state index contributed by atoms with van der Waals surface area (Å²) in [6.07, 6.45) is 7.53. The molecule has 1 saturated carbocycles. The molecule has 0 amide bonds. The quantitative estimate of drug-likeness (QED) is 0.712. The fourth-order valence-corrected chi connectivity index (χ4v) is 2.44. The van der Waals surface area contributed by atoms with Crippen LogP contribution >= 0.6 is 0 Å². The third-order valence-corrected chi connectivity index (χ3v) is 3.40. The maximum absolute atomic E-state index is 9.16. The SMILES string of the molecule is CC[C@@H]1CCCC[C@@H]1NCC[C@@H](C)O. The Morgan fingerprint density at radius 2 is 2.07 bits per heavy atom. The predicted octanol–water partition coefficient (Wildman–Crippen LogP) is 2.32. The summed E-state index contributed by atoms with van der Waals surface area (Å²) in [5.41, 5.74) is 0. The van der Waals surface area contributed by atoms with Crippen LogP contribution in [0.1, 0.15) is 52.4 Å². The van der Waals surface area contributed by atoms with E-state index in [1.165, 1.54) is 32.1 Å². The number of hydrogen-bond acceptors (Lipinski definition) is 2. The van der Waals surface area contributed by atoms with Gasteiger partial charge in [0.2, 0.25) is 0 Å². The van der Waals surface area contributed by atoms with E-state index < -0.39 is 0 Å². The van der Waals surface area contributed by atoms with Gasteiger partial charge in [0.1, 0.15) is 0 Å². The molecular weight excluding hydrogens is 174 g/mol. The highest BCUT2D eigenvalue weighted by Gasteiger charge is 2.22. The molecule has 2 nitrogen and oxygen atoms in total. The van der Waals surface area contributed by atoms with E-state index in [0.717, 1.165) is 18.9 Å². The molecule has 0 aromatic rings. The lowest BCUT2D eigenvalue weighted by Gasteiger charge is -2.31. The number of nitrogens with one attached hydrogen (secondary N) is 1. The average Bonchev–Trinajstić information content (AvgIpc) is 2.18. The Bertz CT molecular complexity index is 147. The molecule has 14 heavy (non-hydrogen) atoms.